The predicted molar refractivity (Wildman–Crippen MR) is 76.9 cm³/mol. The van der Waals surface area contributed by atoms with Crippen LogP contribution in [-0.4, -0.2) is 29.4 Å². The molecule has 0 aliphatic heterocycles. The zero-order valence-electron chi connectivity index (χ0n) is 11.7. The first-order valence-electron chi connectivity index (χ1n) is 6.44. The normalized spacial score (nSPS) is 12.3. The van der Waals surface area contributed by atoms with E-state index in [4.69, 9.17) is 0 Å². The van der Waals surface area contributed by atoms with Gasteiger partial charge in [0.2, 0.25) is 0 Å². The summed E-state index contributed by atoms with van der Waals surface area (Å²) in [6.45, 7) is 0. The molecule has 1 aromatic carbocycles. The first-order chi connectivity index (χ1) is 11.2. The van der Waals surface area contributed by atoms with E-state index in [-0.39, 0.29) is 5.95 Å². The van der Waals surface area contributed by atoms with Crippen molar-refractivity contribution in [3.63, 3.8) is 0 Å². The van der Waals surface area contributed by atoms with Gasteiger partial charge in [0.05, 0.1) is 0 Å². The number of nitrogens with zero attached hydrogens (tertiary/aromatic N) is 3. The molecule has 0 unspecified atom stereocenters. The summed E-state index contributed by atoms with van der Waals surface area (Å²) in [4.78, 5) is 3.25. The number of anilines is 1. The minimum absolute atomic E-state index is 0.275. The van der Waals surface area contributed by atoms with Crippen LogP contribution < -0.4 is 9.46 Å². The van der Waals surface area contributed by atoms with E-state index in [1.165, 1.54) is 16.6 Å². The summed E-state index contributed by atoms with van der Waals surface area (Å²) in [6.07, 6.45) is -3.48. The Bertz CT molecular complexity index is 952. The van der Waals surface area contributed by atoms with Crippen LogP contribution in [0, 0.1) is 0 Å². The Labute approximate surface area is 133 Å². The summed E-state index contributed by atoms with van der Waals surface area (Å²) in [5, 5.41) is 3.88. The van der Waals surface area contributed by atoms with Gasteiger partial charge in [-0.1, -0.05) is 18.2 Å². The molecule has 2 aromatic heterocycles. The lowest BCUT2D eigenvalue weighted by Gasteiger charge is -2.13. The van der Waals surface area contributed by atoms with E-state index in [0.717, 1.165) is 12.1 Å². The van der Waals surface area contributed by atoms with Gasteiger partial charge in [0.15, 0.2) is 5.65 Å². The number of sulfonamides is 1. The Hall–Kier alpha value is -2.82. The summed E-state index contributed by atoms with van der Waals surface area (Å²) in [7, 11) is -4.38. The number of nitrogens with one attached hydrogen (secondary N) is 1. The second-order valence-corrected chi connectivity index (χ2v) is 6.19. The average Bonchev–Trinajstić information content (AvgIpc) is 2.87. The fraction of sp³-hybridized carbons (Fsp3) is 0.0769. The molecule has 1 N–H and O–H groups in total. The third kappa shape index (κ3) is 3.40. The molecule has 3 aromatic rings. The van der Waals surface area contributed by atoms with Crippen molar-refractivity contribution in [1.82, 2.24) is 14.6 Å². The van der Waals surface area contributed by atoms with Crippen LogP contribution in [-0.2, 0) is 10.0 Å². The van der Waals surface area contributed by atoms with E-state index < -0.39 is 27.0 Å². The maximum Gasteiger partial charge on any atom is 0.573 e. The van der Waals surface area contributed by atoms with Crippen molar-refractivity contribution in [1.29, 1.82) is 0 Å². The van der Waals surface area contributed by atoms with Gasteiger partial charge in [0.1, 0.15) is 10.6 Å². The largest absolute Gasteiger partial charge is 0.573 e. The van der Waals surface area contributed by atoms with Crippen molar-refractivity contribution in [2.45, 2.75) is 11.3 Å². The Morgan fingerprint density at radius 2 is 1.79 bits per heavy atom. The van der Waals surface area contributed by atoms with Gasteiger partial charge in [0, 0.05) is 6.20 Å². The number of hydrogen-bond acceptors (Lipinski definition) is 5. The first kappa shape index (κ1) is 16.1. The molecule has 3 rings (SSSR count). The molecule has 24 heavy (non-hydrogen) atoms. The zero-order chi connectivity index (χ0) is 17.4. The van der Waals surface area contributed by atoms with Gasteiger partial charge in [-0.2, -0.15) is 4.98 Å². The van der Waals surface area contributed by atoms with E-state index >= 15 is 0 Å². The van der Waals surface area contributed by atoms with E-state index in [0.29, 0.717) is 5.65 Å². The number of alkyl halides is 3. The van der Waals surface area contributed by atoms with Crippen LogP contribution in [0.2, 0.25) is 0 Å². The average molecular weight is 358 g/mol. The SMILES string of the molecule is O=S(=O)(Nc1nc2ccccn2n1)c1ccccc1OC(F)(F)F. The van der Waals surface area contributed by atoms with E-state index in [2.05, 4.69) is 14.8 Å². The van der Waals surface area contributed by atoms with Gasteiger partial charge < -0.3 is 4.74 Å². The Balaban J connectivity index is 1.96. The third-order valence-corrected chi connectivity index (χ3v) is 4.20. The van der Waals surface area contributed by atoms with E-state index in [1.807, 2.05) is 4.72 Å². The summed E-state index contributed by atoms with van der Waals surface area (Å²) >= 11 is 0. The highest BCUT2D eigenvalue weighted by Crippen LogP contribution is 2.30. The topological polar surface area (TPSA) is 85.6 Å². The highest BCUT2D eigenvalue weighted by atomic mass is 32.2. The Kier molecular flexibility index (Phi) is 3.79. The summed E-state index contributed by atoms with van der Waals surface area (Å²) in [5.41, 5.74) is 0.370. The van der Waals surface area contributed by atoms with E-state index in [9.17, 15) is 21.6 Å². The highest BCUT2D eigenvalue weighted by molar-refractivity contribution is 7.92. The number of ether oxygens (including phenoxy) is 1. The lowest BCUT2D eigenvalue weighted by atomic mass is 10.3. The first-order valence-corrected chi connectivity index (χ1v) is 7.92. The second-order valence-electron chi connectivity index (χ2n) is 4.54. The van der Waals surface area contributed by atoms with Gasteiger partial charge in [-0.15, -0.1) is 18.3 Å². The lowest BCUT2D eigenvalue weighted by molar-refractivity contribution is -0.275. The fourth-order valence-corrected chi connectivity index (χ4v) is 3.00. The van der Waals surface area contributed by atoms with Crippen molar-refractivity contribution in [2.75, 3.05) is 4.72 Å². The second kappa shape index (κ2) is 5.67. The maximum atomic E-state index is 12.4. The smallest absolute Gasteiger partial charge is 0.404 e. The lowest BCUT2D eigenvalue weighted by Crippen LogP contribution is -2.21. The molecule has 0 aliphatic carbocycles. The highest BCUT2D eigenvalue weighted by Gasteiger charge is 2.34. The van der Waals surface area contributed by atoms with Gasteiger partial charge in [-0.25, -0.2) is 17.7 Å². The molecule has 0 saturated carbocycles. The Morgan fingerprint density at radius 3 is 2.50 bits per heavy atom. The van der Waals surface area contributed by atoms with Gasteiger partial charge in [-0.3, -0.25) is 0 Å². The van der Waals surface area contributed by atoms with Crippen molar-refractivity contribution in [2.24, 2.45) is 0 Å². The quantitative estimate of drug-likeness (QED) is 0.774. The van der Waals surface area contributed by atoms with Crippen LogP contribution in [0.25, 0.3) is 5.65 Å². The summed E-state index contributed by atoms with van der Waals surface area (Å²) in [6, 6.07) is 9.31. The van der Waals surface area contributed by atoms with Gasteiger partial charge in [-0.05, 0) is 24.3 Å². The molecule has 0 radical (unpaired) electrons. The van der Waals surface area contributed by atoms with Crippen molar-refractivity contribution in [3.8, 4) is 5.75 Å². The molecule has 0 saturated heterocycles. The number of rotatable bonds is 4. The predicted octanol–water partition coefficient (Wildman–Crippen LogP) is 2.43. The van der Waals surface area contributed by atoms with Crippen LogP contribution in [0.5, 0.6) is 5.75 Å². The molecule has 2 heterocycles. The molecular formula is C13H9F3N4O3S. The minimum Gasteiger partial charge on any atom is -0.404 e. The molecule has 7 nitrogen and oxygen atoms in total. The molecule has 0 spiro atoms. The number of benzene rings is 1. The number of para-hydroxylation sites is 1. The van der Waals surface area contributed by atoms with Crippen molar-refractivity contribution >= 4 is 21.6 Å². The van der Waals surface area contributed by atoms with Crippen molar-refractivity contribution < 1.29 is 26.3 Å². The molecule has 126 valence electrons. The minimum atomic E-state index is -5.02. The number of halogens is 3. The van der Waals surface area contributed by atoms with Crippen molar-refractivity contribution in [3.05, 3.63) is 48.7 Å². The number of aromatic nitrogens is 3. The zero-order valence-corrected chi connectivity index (χ0v) is 12.5. The number of hydrogen-bond donors (Lipinski definition) is 1. The van der Waals surface area contributed by atoms with Crippen LogP contribution in [0.3, 0.4) is 0 Å². The van der Waals surface area contributed by atoms with Crippen LogP contribution >= 0.6 is 0 Å². The molecule has 0 atom stereocenters. The third-order valence-electron chi connectivity index (χ3n) is 2.83. The molecule has 0 aliphatic rings. The van der Waals surface area contributed by atoms with Gasteiger partial charge >= 0.3 is 6.36 Å². The molecular weight excluding hydrogens is 349 g/mol. The molecule has 11 heteroatoms. The maximum absolute atomic E-state index is 12.4. The summed E-state index contributed by atoms with van der Waals surface area (Å²) < 4.78 is 69.0. The number of fused-ring (bicyclic) bond motifs is 1. The van der Waals surface area contributed by atoms with Gasteiger partial charge in [0.25, 0.3) is 16.0 Å². The van der Waals surface area contributed by atoms with Crippen LogP contribution in [0.15, 0.2) is 53.6 Å². The Morgan fingerprint density at radius 1 is 1.08 bits per heavy atom. The van der Waals surface area contributed by atoms with Crippen LogP contribution in [0.1, 0.15) is 0 Å². The fourth-order valence-electron chi connectivity index (χ4n) is 1.93. The number of pyridine rings is 1. The standard InChI is InChI=1S/C13H9F3N4O3S/c14-13(15,16)23-9-5-1-2-6-10(9)24(21,22)19-12-17-11-7-3-4-8-20(11)18-12/h1-8H,(H,18,19). The molecule has 0 bridgehead atoms. The summed E-state index contributed by atoms with van der Waals surface area (Å²) in [5.74, 6) is -1.12. The van der Waals surface area contributed by atoms with Crippen LogP contribution in [0.4, 0.5) is 19.1 Å². The van der Waals surface area contributed by atoms with E-state index in [1.54, 1.807) is 24.4 Å². The monoisotopic (exact) mass is 358 g/mol. The molecule has 0 amide bonds. The molecule has 0 fully saturated rings.